The van der Waals surface area contributed by atoms with Gasteiger partial charge >= 0.3 is 5.97 Å². The van der Waals surface area contributed by atoms with Crippen molar-refractivity contribution >= 4 is 5.97 Å². The second-order valence-corrected chi connectivity index (χ2v) is 2.82. The summed E-state index contributed by atoms with van der Waals surface area (Å²) >= 11 is 0. The van der Waals surface area contributed by atoms with Gasteiger partial charge in [-0.15, -0.1) is 0 Å². The Morgan fingerprint density at radius 2 is 2.07 bits per heavy atom. The first kappa shape index (κ1) is 10.4. The fourth-order valence-corrected chi connectivity index (χ4v) is 0.984. The highest BCUT2D eigenvalue weighted by molar-refractivity contribution is 5.86. The first-order valence-corrected chi connectivity index (χ1v) is 3.85. The van der Waals surface area contributed by atoms with Crippen LogP contribution in [0, 0.1) is 11.6 Å². The van der Waals surface area contributed by atoms with Gasteiger partial charge in [0.05, 0.1) is 0 Å². The molecule has 0 heterocycles. The third-order valence-electron chi connectivity index (χ3n) is 1.71. The molecule has 2 nitrogen and oxygen atoms in total. The summed E-state index contributed by atoms with van der Waals surface area (Å²) in [4.78, 5) is 10.4. The van der Waals surface area contributed by atoms with Crippen LogP contribution in [0.2, 0.25) is 0 Å². The van der Waals surface area contributed by atoms with Crippen molar-refractivity contribution in [2.75, 3.05) is 0 Å². The lowest BCUT2D eigenvalue weighted by atomic mass is 10.1. The maximum Gasteiger partial charge on any atom is 0.331 e. The number of carbonyl (C=O) groups is 1. The molecule has 0 atom stereocenters. The topological polar surface area (TPSA) is 37.3 Å². The molecule has 0 amide bonds. The molecular formula is C10H8F2O2. The summed E-state index contributed by atoms with van der Waals surface area (Å²) in [5.74, 6) is -2.44. The number of carboxylic acid groups (broad SMARTS) is 1. The number of carboxylic acids is 1. The van der Waals surface area contributed by atoms with E-state index in [1.807, 2.05) is 0 Å². The lowest BCUT2D eigenvalue weighted by Crippen LogP contribution is -2.03. The third kappa shape index (κ3) is 2.39. The van der Waals surface area contributed by atoms with Crippen molar-refractivity contribution in [3.63, 3.8) is 0 Å². The van der Waals surface area contributed by atoms with E-state index in [4.69, 9.17) is 5.11 Å². The van der Waals surface area contributed by atoms with E-state index in [0.717, 1.165) is 18.2 Å². The molecule has 0 radical (unpaired) electrons. The molecule has 1 N–H and O–H groups in total. The Morgan fingerprint density at radius 3 is 2.64 bits per heavy atom. The molecule has 0 saturated heterocycles. The third-order valence-corrected chi connectivity index (χ3v) is 1.71. The van der Waals surface area contributed by atoms with Gasteiger partial charge in [-0.2, -0.15) is 0 Å². The van der Waals surface area contributed by atoms with Crippen LogP contribution in [0.4, 0.5) is 8.78 Å². The monoisotopic (exact) mass is 198 g/mol. The van der Waals surface area contributed by atoms with Crippen LogP contribution in [0.3, 0.4) is 0 Å². The van der Waals surface area contributed by atoms with Gasteiger partial charge < -0.3 is 5.11 Å². The molecule has 4 heteroatoms. The van der Waals surface area contributed by atoms with Gasteiger partial charge in [0, 0.05) is 12.0 Å². The zero-order valence-corrected chi connectivity index (χ0v) is 7.26. The highest BCUT2D eigenvalue weighted by Gasteiger charge is 2.09. The molecule has 0 unspecified atom stereocenters. The Kier molecular flexibility index (Phi) is 2.96. The highest BCUT2D eigenvalue weighted by atomic mass is 19.1. The first-order chi connectivity index (χ1) is 6.50. The summed E-state index contributed by atoms with van der Waals surface area (Å²) in [6.07, 6.45) is -0.196. The summed E-state index contributed by atoms with van der Waals surface area (Å²) in [6, 6.07) is 2.89. The average molecular weight is 198 g/mol. The zero-order chi connectivity index (χ0) is 10.7. The number of hydrogen-bond acceptors (Lipinski definition) is 1. The highest BCUT2D eigenvalue weighted by Crippen LogP contribution is 2.13. The van der Waals surface area contributed by atoms with Gasteiger partial charge in [0.25, 0.3) is 0 Å². The van der Waals surface area contributed by atoms with Crippen LogP contribution < -0.4 is 0 Å². The van der Waals surface area contributed by atoms with E-state index in [1.165, 1.54) is 0 Å². The Morgan fingerprint density at radius 1 is 1.43 bits per heavy atom. The number of hydrogen-bond donors (Lipinski definition) is 1. The van der Waals surface area contributed by atoms with Gasteiger partial charge in [-0.05, 0) is 23.8 Å². The van der Waals surface area contributed by atoms with Crippen LogP contribution in [-0.4, -0.2) is 11.1 Å². The molecule has 0 saturated carbocycles. The van der Waals surface area contributed by atoms with Gasteiger partial charge in [0.15, 0.2) is 0 Å². The van der Waals surface area contributed by atoms with Crippen molar-refractivity contribution < 1.29 is 18.7 Å². The molecule has 0 aliphatic rings. The van der Waals surface area contributed by atoms with Crippen molar-refractivity contribution in [3.05, 3.63) is 47.5 Å². The predicted octanol–water partition coefficient (Wildman–Crippen LogP) is 2.15. The summed E-state index contributed by atoms with van der Waals surface area (Å²) in [5.41, 5.74) is -0.174. The minimum Gasteiger partial charge on any atom is -0.478 e. The average Bonchev–Trinajstić information content (AvgIpc) is 2.11. The van der Waals surface area contributed by atoms with Gasteiger partial charge in [-0.25, -0.2) is 13.6 Å². The van der Waals surface area contributed by atoms with Crippen LogP contribution >= 0.6 is 0 Å². The van der Waals surface area contributed by atoms with Crippen LogP contribution in [0.5, 0.6) is 0 Å². The molecule has 0 bridgehead atoms. The van der Waals surface area contributed by atoms with Gasteiger partial charge in [0.2, 0.25) is 0 Å². The number of halogens is 2. The quantitative estimate of drug-likeness (QED) is 0.755. The van der Waals surface area contributed by atoms with E-state index in [-0.39, 0.29) is 17.6 Å². The largest absolute Gasteiger partial charge is 0.478 e. The fourth-order valence-electron chi connectivity index (χ4n) is 0.984. The second kappa shape index (κ2) is 4.00. The molecule has 0 fully saturated rings. The maximum absolute atomic E-state index is 13.0. The Balaban J connectivity index is 2.91. The van der Waals surface area contributed by atoms with Crippen molar-refractivity contribution in [2.45, 2.75) is 6.42 Å². The molecule has 0 aliphatic heterocycles. The lowest BCUT2D eigenvalue weighted by Gasteiger charge is -2.02. The molecule has 1 aromatic rings. The minimum atomic E-state index is -1.21. The molecule has 0 aromatic heterocycles. The normalized spacial score (nSPS) is 9.86. The van der Waals surface area contributed by atoms with E-state index in [0.29, 0.717) is 0 Å². The van der Waals surface area contributed by atoms with E-state index in [9.17, 15) is 13.6 Å². The second-order valence-electron chi connectivity index (χ2n) is 2.82. The summed E-state index contributed by atoms with van der Waals surface area (Å²) in [6.45, 7) is 3.23. The number of aliphatic carboxylic acids is 1. The summed E-state index contributed by atoms with van der Waals surface area (Å²) < 4.78 is 25.6. The van der Waals surface area contributed by atoms with Gasteiger partial charge in [-0.1, -0.05) is 6.58 Å². The van der Waals surface area contributed by atoms with Gasteiger partial charge in [0.1, 0.15) is 11.6 Å². The maximum atomic E-state index is 13.0. The van der Waals surface area contributed by atoms with Crippen molar-refractivity contribution in [1.82, 2.24) is 0 Å². The lowest BCUT2D eigenvalue weighted by molar-refractivity contribution is -0.132. The van der Waals surface area contributed by atoms with Gasteiger partial charge in [-0.3, -0.25) is 0 Å². The van der Waals surface area contributed by atoms with E-state index >= 15 is 0 Å². The number of benzene rings is 1. The molecule has 1 rings (SSSR count). The summed E-state index contributed by atoms with van der Waals surface area (Å²) in [5, 5.41) is 8.49. The SMILES string of the molecule is C=C(Cc1cc(F)ccc1F)C(=O)O. The Hall–Kier alpha value is -1.71. The van der Waals surface area contributed by atoms with Crippen LogP contribution in [0.15, 0.2) is 30.4 Å². The molecule has 74 valence electrons. The van der Waals surface area contributed by atoms with Crippen molar-refractivity contribution in [2.24, 2.45) is 0 Å². The Bertz CT molecular complexity index is 386. The minimum absolute atomic E-state index is 0.00241. The smallest absolute Gasteiger partial charge is 0.331 e. The standard InChI is InChI=1S/C10H8F2O2/c1-6(10(13)14)4-7-5-8(11)2-3-9(7)12/h2-3,5H,1,4H2,(H,13,14). The van der Waals surface area contributed by atoms with Crippen molar-refractivity contribution in [3.8, 4) is 0 Å². The van der Waals surface area contributed by atoms with Crippen LogP contribution in [0.1, 0.15) is 5.56 Å². The predicted molar refractivity (Wildman–Crippen MR) is 46.8 cm³/mol. The first-order valence-electron chi connectivity index (χ1n) is 3.85. The molecular weight excluding hydrogens is 190 g/mol. The Labute approximate surface area is 79.5 Å². The van der Waals surface area contributed by atoms with E-state index < -0.39 is 17.6 Å². The van der Waals surface area contributed by atoms with Crippen molar-refractivity contribution in [1.29, 1.82) is 0 Å². The summed E-state index contributed by atoms with van der Waals surface area (Å²) in [7, 11) is 0. The van der Waals surface area contributed by atoms with E-state index in [1.54, 1.807) is 0 Å². The van der Waals surface area contributed by atoms with Crippen LogP contribution in [-0.2, 0) is 11.2 Å². The van der Waals surface area contributed by atoms with E-state index in [2.05, 4.69) is 6.58 Å². The molecule has 0 spiro atoms. The van der Waals surface area contributed by atoms with Crippen LogP contribution in [0.25, 0.3) is 0 Å². The zero-order valence-electron chi connectivity index (χ0n) is 7.26. The fraction of sp³-hybridized carbons (Fsp3) is 0.100. The molecule has 1 aromatic carbocycles. The molecule has 14 heavy (non-hydrogen) atoms. The number of rotatable bonds is 3. The molecule has 0 aliphatic carbocycles.